The van der Waals surface area contributed by atoms with Crippen molar-refractivity contribution in [3.63, 3.8) is 0 Å². The van der Waals surface area contributed by atoms with Crippen LogP contribution in [0.3, 0.4) is 0 Å². The number of rotatable bonds is 3. The summed E-state index contributed by atoms with van der Waals surface area (Å²) in [5, 5.41) is 9.75. The summed E-state index contributed by atoms with van der Waals surface area (Å²) < 4.78 is 0. The van der Waals surface area contributed by atoms with Gasteiger partial charge in [-0.05, 0) is 38.6 Å². The van der Waals surface area contributed by atoms with Crippen molar-refractivity contribution in [2.75, 3.05) is 7.05 Å². The lowest BCUT2D eigenvalue weighted by Gasteiger charge is -2.48. The van der Waals surface area contributed by atoms with Crippen molar-refractivity contribution < 1.29 is 9.90 Å². The number of carboxylic acid groups (broad SMARTS) is 1. The molecule has 0 radical (unpaired) electrons. The zero-order valence-electron chi connectivity index (χ0n) is 11.1. The molecule has 17 heavy (non-hydrogen) atoms. The molecule has 2 aliphatic rings. The molecule has 2 fully saturated rings. The van der Waals surface area contributed by atoms with Crippen LogP contribution in [0.5, 0.6) is 0 Å². The van der Waals surface area contributed by atoms with Crippen LogP contribution in [-0.2, 0) is 4.79 Å². The molecule has 2 rings (SSSR count). The maximum Gasteiger partial charge on any atom is 0.324 e. The molecule has 2 aliphatic carbocycles. The van der Waals surface area contributed by atoms with Gasteiger partial charge in [-0.15, -0.1) is 0 Å². The van der Waals surface area contributed by atoms with E-state index in [2.05, 4.69) is 11.8 Å². The maximum absolute atomic E-state index is 11.8. The van der Waals surface area contributed by atoms with Gasteiger partial charge in [-0.25, -0.2) is 0 Å². The number of hydrogen-bond donors (Lipinski definition) is 1. The van der Waals surface area contributed by atoms with Crippen LogP contribution in [0.2, 0.25) is 0 Å². The second kappa shape index (κ2) is 4.97. The first kappa shape index (κ1) is 12.9. The van der Waals surface area contributed by atoms with Crippen molar-refractivity contribution in [2.24, 2.45) is 5.92 Å². The first-order valence-corrected chi connectivity index (χ1v) is 7.05. The van der Waals surface area contributed by atoms with Gasteiger partial charge in [0.15, 0.2) is 0 Å². The van der Waals surface area contributed by atoms with Gasteiger partial charge < -0.3 is 5.11 Å². The fourth-order valence-electron chi connectivity index (χ4n) is 3.94. The molecule has 2 unspecified atom stereocenters. The predicted octanol–water partition coefficient (Wildman–Crippen LogP) is 2.89. The Morgan fingerprint density at radius 2 is 1.76 bits per heavy atom. The Hall–Kier alpha value is -0.570. The molecule has 1 N–H and O–H groups in total. The van der Waals surface area contributed by atoms with Gasteiger partial charge in [0.1, 0.15) is 5.54 Å². The van der Waals surface area contributed by atoms with Crippen molar-refractivity contribution >= 4 is 5.97 Å². The third kappa shape index (κ3) is 2.10. The molecule has 0 heterocycles. The Bertz CT molecular complexity index is 286. The highest BCUT2D eigenvalue weighted by molar-refractivity contribution is 5.79. The highest BCUT2D eigenvalue weighted by atomic mass is 16.4. The number of aliphatic carboxylic acids is 1. The van der Waals surface area contributed by atoms with Crippen LogP contribution >= 0.6 is 0 Å². The van der Waals surface area contributed by atoms with Gasteiger partial charge in [-0.3, -0.25) is 9.69 Å². The van der Waals surface area contributed by atoms with Crippen LogP contribution in [0.1, 0.15) is 58.3 Å². The molecule has 0 bridgehead atoms. The van der Waals surface area contributed by atoms with Crippen LogP contribution in [0.15, 0.2) is 0 Å². The van der Waals surface area contributed by atoms with E-state index in [4.69, 9.17) is 0 Å². The van der Waals surface area contributed by atoms with E-state index in [0.717, 1.165) is 19.3 Å². The van der Waals surface area contributed by atoms with E-state index in [1.165, 1.54) is 32.1 Å². The summed E-state index contributed by atoms with van der Waals surface area (Å²) in [6.07, 6.45) is 9.02. The van der Waals surface area contributed by atoms with E-state index >= 15 is 0 Å². The Labute approximate surface area is 104 Å². The first-order valence-electron chi connectivity index (χ1n) is 7.05. The van der Waals surface area contributed by atoms with Crippen molar-refractivity contribution in [2.45, 2.75) is 69.9 Å². The lowest BCUT2D eigenvalue weighted by molar-refractivity contribution is -0.159. The van der Waals surface area contributed by atoms with Crippen molar-refractivity contribution in [1.29, 1.82) is 0 Å². The molecular formula is C14H25NO2. The molecule has 2 saturated carbocycles. The van der Waals surface area contributed by atoms with E-state index < -0.39 is 11.5 Å². The minimum absolute atomic E-state index is 0.277. The molecule has 3 heteroatoms. The summed E-state index contributed by atoms with van der Waals surface area (Å²) in [6, 6.07) is 0.492. The quantitative estimate of drug-likeness (QED) is 0.823. The second-order valence-corrected chi connectivity index (χ2v) is 5.93. The zero-order valence-corrected chi connectivity index (χ0v) is 11.1. The van der Waals surface area contributed by atoms with Crippen LogP contribution in [0.25, 0.3) is 0 Å². The number of likely N-dealkylation sites (N-methyl/N-ethyl adjacent to an activating group) is 1. The van der Waals surface area contributed by atoms with E-state index in [-0.39, 0.29) is 5.92 Å². The molecule has 0 aromatic rings. The summed E-state index contributed by atoms with van der Waals surface area (Å²) in [6.45, 7) is 2.12. The molecule has 0 saturated heterocycles. The minimum Gasteiger partial charge on any atom is -0.480 e. The fourth-order valence-corrected chi connectivity index (χ4v) is 3.94. The second-order valence-electron chi connectivity index (χ2n) is 5.93. The molecule has 98 valence electrons. The standard InChI is InChI=1S/C14H25NO2/c1-11-7-5-6-10-14(11,13(16)17)15(2)12-8-3-4-9-12/h11-12H,3-10H2,1-2H3,(H,16,17). The lowest BCUT2D eigenvalue weighted by Crippen LogP contribution is -2.61. The third-order valence-corrected chi connectivity index (χ3v) is 5.13. The van der Waals surface area contributed by atoms with Gasteiger partial charge in [-0.2, -0.15) is 0 Å². The van der Waals surface area contributed by atoms with E-state index in [0.29, 0.717) is 6.04 Å². The Morgan fingerprint density at radius 3 is 2.29 bits per heavy atom. The molecule has 0 aromatic heterocycles. The molecule has 0 aliphatic heterocycles. The summed E-state index contributed by atoms with van der Waals surface area (Å²) >= 11 is 0. The summed E-state index contributed by atoms with van der Waals surface area (Å²) in [7, 11) is 2.05. The van der Waals surface area contributed by atoms with E-state index in [1.54, 1.807) is 0 Å². The largest absolute Gasteiger partial charge is 0.480 e. The molecule has 0 aromatic carbocycles. The first-order chi connectivity index (χ1) is 8.09. The van der Waals surface area contributed by atoms with Gasteiger partial charge in [-0.1, -0.05) is 32.6 Å². The van der Waals surface area contributed by atoms with Crippen molar-refractivity contribution in [3.05, 3.63) is 0 Å². The summed E-state index contributed by atoms with van der Waals surface area (Å²) in [5.41, 5.74) is -0.590. The highest BCUT2D eigenvalue weighted by Gasteiger charge is 2.50. The van der Waals surface area contributed by atoms with Crippen molar-refractivity contribution in [3.8, 4) is 0 Å². The van der Waals surface area contributed by atoms with Crippen LogP contribution < -0.4 is 0 Å². The number of carbonyl (C=O) groups is 1. The predicted molar refractivity (Wildman–Crippen MR) is 68.0 cm³/mol. The SMILES string of the molecule is CC1CCCCC1(C(=O)O)N(C)C1CCCC1. The maximum atomic E-state index is 11.8. The average Bonchev–Trinajstić information content (AvgIpc) is 2.82. The Kier molecular flexibility index (Phi) is 3.76. The summed E-state index contributed by atoms with van der Waals surface area (Å²) in [4.78, 5) is 14.1. The van der Waals surface area contributed by atoms with Crippen LogP contribution in [-0.4, -0.2) is 34.6 Å². The van der Waals surface area contributed by atoms with E-state index in [1.807, 2.05) is 7.05 Å². The topological polar surface area (TPSA) is 40.5 Å². The summed E-state index contributed by atoms with van der Waals surface area (Å²) in [5.74, 6) is -0.321. The van der Waals surface area contributed by atoms with Gasteiger partial charge in [0.2, 0.25) is 0 Å². The Balaban J connectivity index is 2.22. The third-order valence-electron chi connectivity index (χ3n) is 5.13. The van der Waals surface area contributed by atoms with Crippen molar-refractivity contribution in [1.82, 2.24) is 4.90 Å². The highest BCUT2D eigenvalue weighted by Crippen LogP contribution is 2.41. The van der Waals surface area contributed by atoms with Crippen LogP contribution in [0, 0.1) is 5.92 Å². The lowest BCUT2D eigenvalue weighted by atomic mass is 9.72. The number of hydrogen-bond acceptors (Lipinski definition) is 2. The van der Waals surface area contributed by atoms with E-state index in [9.17, 15) is 9.90 Å². The van der Waals surface area contributed by atoms with Crippen LogP contribution in [0.4, 0.5) is 0 Å². The smallest absolute Gasteiger partial charge is 0.324 e. The minimum atomic E-state index is -0.598. The normalized spacial score (nSPS) is 35.4. The van der Waals surface area contributed by atoms with Gasteiger partial charge in [0.05, 0.1) is 0 Å². The molecule has 0 amide bonds. The number of nitrogens with zero attached hydrogens (tertiary/aromatic N) is 1. The van der Waals surface area contributed by atoms with Gasteiger partial charge in [0, 0.05) is 6.04 Å². The Morgan fingerprint density at radius 1 is 1.18 bits per heavy atom. The number of carboxylic acids is 1. The van der Waals surface area contributed by atoms with Gasteiger partial charge in [0.25, 0.3) is 0 Å². The van der Waals surface area contributed by atoms with Gasteiger partial charge >= 0.3 is 5.97 Å². The molecular weight excluding hydrogens is 214 g/mol. The zero-order chi connectivity index (χ0) is 12.5. The molecule has 3 nitrogen and oxygen atoms in total. The molecule has 2 atom stereocenters. The molecule has 0 spiro atoms. The fraction of sp³-hybridized carbons (Fsp3) is 0.929. The average molecular weight is 239 g/mol. The monoisotopic (exact) mass is 239 g/mol.